The third-order valence-electron chi connectivity index (χ3n) is 4.99. The van der Waals surface area contributed by atoms with E-state index < -0.39 is 11.6 Å². The van der Waals surface area contributed by atoms with Crippen molar-refractivity contribution in [1.29, 1.82) is 0 Å². The molecular weight excluding hydrogens is 372 g/mol. The molecule has 3 aromatic rings. The van der Waals surface area contributed by atoms with Gasteiger partial charge in [-0.15, -0.1) is 0 Å². The minimum Gasteiger partial charge on any atom is -0.482 e. The number of benzene rings is 2. The van der Waals surface area contributed by atoms with Crippen LogP contribution in [0.1, 0.15) is 34.3 Å². The highest BCUT2D eigenvalue weighted by atomic mass is 16.6. The molecule has 29 heavy (non-hydrogen) atoms. The van der Waals surface area contributed by atoms with E-state index in [9.17, 15) is 14.4 Å². The predicted molar refractivity (Wildman–Crippen MR) is 106 cm³/mol. The van der Waals surface area contributed by atoms with Gasteiger partial charge in [0.15, 0.2) is 19.0 Å². The van der Waals surface area contributed by atoms with Crippen molar-refractivity contribution in [3.8, 4) is 5.75 Å². The lowest BCUT2D eigenvalue weighted by Crippen LogP contribution is -2.19. The third kappa shape index (κ3) is 4.54. The number of carbonyl (C=O) groups is 2. The van der Waals surface area contributed by atoms with E-state index in [1.54, 1.807) is 24.3 Å². The first-order valence-corrected chi connectivity index (χ1v) is 9.56. The number of carbonyl (C=O) groups excluding carboxylic acids is 2. The molecule has 1 aromatic heterocycles. The van der Waals surface area contributed by atoms with E-state index in [0.29, 0.717) is 16.9 Å². The number of fused-ring (bicyclic) bond motifs is 2. The fourth-order valence-electron chi connectivity index (χ4n) is 3.45. The number of rotatable bonds is 6. The average Bonchev–Trinajstić information content (AvgIpc) is 2.75. The highest BCUT2D eigenvalue weighted by molar-refractivity contribution is 5.98. The van der Waals surface area contributed by atoms with Crippen molar-refractivity contribution in [1.82, 2.24) is 0 Å². The summed E-state index contributed by atoms with van der Waals surface area (Å²) in [5.41, 5.74) is 2.97. The number of aryl methyl sites for hydroxylation is 2. The average molecular weight is 392 g/mol. The highest BCUT2D eigenvalue weighted by Gasteiger charge is 2.15. The normalized spacial score (nSPS) is 13.0. The van der Waals surface area contributed by atoms with Crippen molar-refractivity contribution >= 4 is 22.7 Å². The zero-order valence-electron chi connectivity index (χ0n) is 15.8. The van der Waals surface area contributed by atoms with Crippen molar-refractivity contribution in [2.45, 2.75) is 25.7 Å². The lowest BCUT2D eigenvalue weighted by molar-refractivity contribution is -0.144. The predicted octanol–water partition coefficient (Wildman–Crippen LogP) is 3.48. The van der Waals surface area contributed by atoms with Crippen LogP contribution in [0.15, 0.2) is 57.7 Å². The van der Waals surface area contributed by atoms with E-state index in [0.717, 1.165) is 24.6 Å². The maximum Gasteiger partial charge on any atom is 0.344 e. The maximum atomic E-state index is 12.3. The first kappa shape index (κ1) is 18.9. The van der Waals surface area contributed by atoms with Gasteiger partial charge in [-0.05, 0) is 61.1 Å². The Morgan fingerprint density at radius 2 is 1.69 bits per heavy atom. The molecule has 4 rings (SSSR count). The Morgan fingerprint density at radius 1 is 0.897 bits per heavy atom. The van der Waals surface area contributed by atoms with Crippen LogP contribution in [0.2, 0.25) is 0 Å². The van der Waals surface area contributed by atoms with Crippen LogP contribution in [0.5, 0.6) is 5.75 Å². The van der Waals surface area contributed by atoms with Crippen molar-refractivity contribution in [2.24, 2.45) is 0 Å². The summed E-state index contributed by atoms with van der Waals surface area (Å²) in [5, 5.41) is 0.746. The topological polar surface area (TPSA) is 82.8 Å². The lowest BCUT2D eigenvalue weighted by atomic mass is 9.90. The van der Waals surface area contributed by atoms with Gasteiger partial charge in [0, 0.05) is 23.1 Å². The standard InChI is InChI=1S/C23H20O6/c24-20(18-6-5-15-3-1-2-4-17(15)11-18)13-28-23(26)14-27-19-9-7-16-8-10-22(25)29-21(16)12-19/h5-12H,1-4,13-14H2. The van der Waals surface area contributed by atoms with Gasteiger partial charge in [-0.25, -0.2) is 9.59 Å². The molecule has 6 heteroatoms. The number of ketones is 1. The van der Waals surface area contributed by atoms with Crippen molar-refractivity contribution < 1.29 is 23.5 Å². The molecule has 0 bridgehead atoms. The van der Waals surface area contributed by atoms with Gasteiger partial charge in [0.25, 0.3) is 0 Å². The van der Waals surface area contributed by atoms with E-state index in [1.807, 2.05) is 12.1 Å². The van der Waals surface area contributed by atoms with Crippen LogP contribution < -0.4 is 10.4 Å². The largest absolute Gasteiger partial charge is 0.482 e. The van der Waals surface area contributed by atoms with Gasteiger partial charge in [0.2, 0.25) is 0 Å². The Morgan fingerprint density at radius 3 is 2.55 bits per heavy atom. The van der Waals surface area contributed by atoms with Crippen LogP contribution in [-0.4, -0.2) is 25.0 Å². The second kappa shape index (κ2) is 8.31. The van der Waals surface area contributed by atoms with Gasteiger partial charge in [0.1, 0.15) is 11.3 Å². The molecule has 0 amide bonds. The summed E-state index contributed by atoms with van der Waals surface area (Å²) in [5.74, 6) is -0.519. The van der Waals surface area contributed by atoms with Crippen LogP contribution in [0.3, 0.4) is 0 Å². The SMILES string of the molecule is O=C(COc1ccc2ccc(=O)oc2c1)OCC(=O)c1ccc2c(c1)CCCC2. The number of hydrogen-bond acceptors (Lipinski definition) is 6. The van der Waals surface area contributed by atoms with Crippen LogP contribution in [0, 0.1) is 0 Å². The van der Waals surface area contributed by atoms with Gasteiger partial charge < -0.3 is 13.9 Å². The molecule has 1 aliphatic rings. The Hall–Kier alpha value is -3.41. The zero-order valence-corrected chi connectivity index (χ0v) is 15.8. The maximum absolute atomic E-state index is 12.3. The molecule has 0 aliphatic heterocycles. The minimum absolute atomic E-state index is 0.237. The molecule has 0 radical (unpaired) electrons. The molecule has 148 valence electrons. The molecule has 0 spiro atoms. The summed E-state index contributed by atoms with van der Waals surface area (Å²) >= 11 is 0. The first-order chi connectivity index (χ1) is 14.1. The Bertz CT molecular complexity index is 1130. The number of Topliss-reactive ketones (excluding diaryl/α,β-unsaturated/α-hetero) is 1. The molecule has 0 saturated heterocycles. The second-order valence-electron chi connectivity index (χ2n) is 7.02. The Labute approximate surface area is 167 Å². The molecular formula is C23H20O6. The smallest absolute Gasteiger partial charge is 0.344 e. The van der Waals surface area contributed by atoms with E-state index >= 15 is 0 Å². The van der Waals surface area contributed by atoms with E-state index in [1.165, 1.54) is 29.7 Å². The number of hydrogen-bond donors (Lipinski definition) is 0. The van der Waals surface area contributed by atoms with Gasteiger partial charge in [-0.2, -0.15) is 0 Å². The fraction of sp³-hybridized carbons (Fsp3) is 0.261. The molecule has 0 atom stereocenters. The van der Waals surface area contributed by atoms with E-state index in [4.69, 9.17) is 13.9 Å². The molecule has 0 N–H and O–H groups in total. The molecule has 2 aromatic carbocycles. The summed E-state index contributed by atoms with van der Waals surface area (Å²) in [4.78, 5) is 35.5. The molecule has 0 fully saturated rings. The monoisotopic (exact) mass is 392 g/mol. The van der Waals surface area contributed by atoms with Crippen LogP contribution in [-0.2, 0) is 22.4 Å². The third-order valence-corrected chi connectivity index (χ3v) is 4.99. The number of esters is 1. The minimum atomic E-state index is -0.647. The summed E-state index contributed by atoms with van der Waals surface area (Å²) in [6, 6.07) is 13.6. The highest BCUT2D eigenvalue weighted by Crippen LogP contribution is 2.22. The van der Waals surface area contributed by atoms with Gasteiger partial charge in [0.05, 0.1) is 0 Å². The molecule has 0 unspecified atom stereocenters. The summed E-state index contributed by atoms with van der Waals surface area (Å²) < 4.78 is 15.5. The van der Waals surface area contributed by atoms with Crippen molar-refractivity contribution in [3.05, 3.63) is 75.6 Å². The second-order valence-corrected chi connectivity index (χ2v) is 7.02. The number of ether oxygens (including phenoxy) is 2. The van der Waals surface area contributed by atoms with Crippen molar-refractivity contribution in [3.63, 3.8) is 0 Å². The summed E-state index contributed by atoms with van der Waals surface area (Å²) in [6.45, 7) is -0.673. The van der Waals surface area contributed by atoms with E-state index in [2.05, 4.69) is 0 Å². The Balaban J connectivity index is 1.31. The first-order valence-electron chi connectivity index (χ1n) is 9.56. The van der Waals surface area contributed by atoms with Crippen LogP contribution >= 0.6 is 0 Å². The van der Waals surface area contributed by atoms with Gasteiger partial charge in [-0.1, -0.05) is 12.1 Å². The molecule has 1 aliphatic carbocycles. The van der Waals surface area contributed by atoms with Crippen LogP contribution in [0.4, 0.5) is 0 Å². The zero-order chi connectivity index (χ0) is 20.2. The lowest BCUT2D eigenvalue weighted by Gasteiger charge is -2.16. The van der Waals surface area contributed by atoms with Crippen molar-refractivity contribution in [2.75, 3.05) is 13.2 Å². The van der Waals surface area contributed by atoms with E-state index in [-0.39, 0.29) is 19.0 Å². The van der Waals surface area contributed by atoms with Crippen LogP contribution in [0.25, 0.3) is 11.0 Å². The Kier molecular flexibility index (Phi) is 5.42. The quantitative estimate of drug-likeness (QED) is 0.363. The van der Waals surface area contributed by atoms with Gasteiger partial charge in [-0.3, -0.25) is 4.79 Å². The summed E-state index contributed by atoms with van der Waals surface area (Å²) in [6.07, 6.45) is 4.35. The molecule has 6 nitrogen and oxygen atoms in total. The summed E-state index contributed by atoms with van der Waals surface area (Å²) in [7, 11) is 0. The molecule has 0 saturated carbocycles. The fourth-order valence-corrected chi connectivity index (χ4v) is 3.45. The molecule has 1 heterocycles. The van der Waals surface area contributed by atoms with Gasteiger partial charge >= 0.3 is 11.6 Å².